The summed E-state index contributed by atoms with van der Waals surface area (Å²) >= 11 is 3.01. The van der Waals surface area contributed by atoms with E-state index in [0.717, 1.165) is 0 Å². The third-order valence-electron chi connectivity index (χ3n) is 1.83. The van der Waals surface area contributed by atoms with Crippen LogP contribution in [-0.2, 0) is 4.74 Å². The van der Waals surface area contributed by atoms with Gasteiger partial charge in [0.2, 0.25) is 0 Å². The Balaban J connectivity index is 2.60. The van der Waals surface area contributed by atoms with Crippen LogP contribution in [0.4, 0.5) is 14.5 Å². The summed E-state index contributed by atoms with van der Waals surface area (Å²) in [6.45, 7) is 1.04. The zero-order chi connectivity index (χ0) is 11.3. The fraction of sp³-hybridized carbons (Fsp3) is 0.400. The monoisotopic (exact) mass is 279 g/mol. The molecular formula is C10H12BrF2NO. The van der Waals surface area contributed by atoms with Gasteiger partial charge in [0.1, 0.15) is 17.3 Å². The summed E-state index contributed by atoms with van der Waals surface area (Å²) in [6.07, 6.45) is 0.700. The van der Waals surface area contributed by atoms with Crippen LogP contribution < -0.4 is 5.32 Å². The summed E-state index contributed by atoms with van der Waals surface area (Å²) in [7, 11) is 1.58. The molecule has 0 saturated carbocycles. The van der Waals surface area contributed by atoms with Crippen molar-refractivity contribution < 1.29 is 13.5 Å². The van der Waals surface area contributed by atoms with Crippen LogP contribution in [0.5, 0.6) is 0 Å². The average molecular weight is 280 g/mol. The molecule has 1 aromatic rings. The van der Waals surface area contributed by atoms with Crippen LogP contribution in [0, 0.1) is 11.6 Å². The largest absolute Gasteiger partial charge is 0.385 e. The lowest BCUT2D eigenvalue weighted by atomic mass is 10.3. The Kier molecular flexibility index (Phi) is 4.98. The van der Waals surface area contributed by atoms with Crippen molar-refractivity contribution in [1.29, 1.82) is 0 Å². The molecule has 0 bridgehead atoms. The number of ether oxygens (including phenoxy) is 1. The topological polar surface area (TPSA) is 21.3 Å². The van der Waals surface area contributed by atoms with Crippen molar-refractivity contribution in [2.45, 2.75) is 6.42 Å². The molecule has 2 nitrogen and oxygen atoms in total. The van der Waals surface area contributed by atoms with Crippen LogP contribution in [0.2, 0.25) is 0 Å². The minimum Gasteiger partial charge on any atom is -0.385 e. The Morgan fingerprint density at radius 2 is 1.93 bits per heavy atom. The maximum absolute atomic E-state index is 13.3. The molecular weight excluding hydrogens is 268 g/mol. The average Bonchev–Trinajstić information content (AvgIpc) is 2.15. The number of anilines is 1. The van der Waals surface area contributed by atoms with E-state index >= 15 is 0 Å². The standard InChI is InChI=1S/C10H12BrF2NO/c1-15-4-2-3-14-10-8(12)5-7(11)6-9(10)13/h5-6,14H,2-4H2,1H3. The number of benzene rings is 1. The highest BCUT2D eigenvalue weighted by Gasteiger charge is 2.09. The van der Waals surface area contributed by atoms with Crippen molar-refractivity contribution in [3.63, 3.8) is 0 Å². The molecule has 1 aromatic carbocycles. The maximum atomic E-state index is 13.3. The quantitative estimate of drug-likeness (QED) is 0.836. The number of nitrogens with one attached hydrogen (secondary N) is 1. The third-order valence-corrected chi connectivity index (χ3v) is 2.29. The second-order valence-electron chi connectivity index (χ2n) is 3.02. The van der Waals surface area contributed by atoms with E-state index < -0.39 is 11.6 Å². The van der Waals surface area contributed by atoms with Crippen molar-refractivity contribution in [3.8, 4) is 0 Å². The van der Waals surface area contributed by atoms with Gasteiger partial charge in [-0.25, -0.2) is 8.78 Å². The summed E-state index contributed by atoms with van der Waals surface area (Å²) in [5.74, 6) is -1.20. The fourth-order valence-corrected chi connectivity index (χ4v) is 1.54. The SMILES string of the molecule is COCCCNc1c(F)cc(Br)cc1F. The molecule has 0 atom stereocenters. The molecule has 0 amide bonds. The van der Waals surface area contributed by atoms with Crippen LogP contribution in [0.1, 0.15) is 6.42 Å². The van der Waals surface area contributed by atoms with E-state index in [-0.39, 0.29) is 5.69 Å². The summed E-state index contributed by atoms with van der Waals surface area (Å²) in [4.78, 5) is 0. The zero-order valence-corrected chi connectivity index (χ0v) is 9.90. The zero-order valence-electron chi connectivity index (χ0n) is 8.32. The molecule has 0 aliphatic rings. The predicted octanol–water partition coefficient (Wildman–Crippen LogP) is 3.18. The lowest BCUT2D eigenvalue weighted by molar-refractivity contribution is 0.197. The molecule has 0 radical (unpaired) electrons. The predicted molar refractivity (Wildman–Crippen MR) is 59.0 cm³/mol. The maximum Gasteiger partial charge on any atom is 0.150 e. The van der Waals surface area contributed by atoms with Crippen LogP contribution in [-0.4, -0.2) is 20.3 Å². The molecule has 1 rings (SSSR count). The lowest BCUT2D eigenvalue weighted by Crippen LogP contribution is -2.07. The van der Waals surface area contributed by atoms with E-state index in [1.165, 1.54) is 12.1 Å². The Morgan fingerprint density at radius 3 is 2.47 bits per heavy atom. The van der Waals surface area contributed by atoms with Crippen molar-refractivity contribution in [1.82, 2.24) is 0 Å². The Labute approximate surface area is 95.8 Å². The molecule has 1 N–H and O–H groups in total. The Hall–Kier alpha value is -0.680. The van der Waals surface area contributed by atoms with E-state index in [1.807, 2.05) is 0 Å². The van der Waals surface area contributed by atoms with Gasteiger partial charge in [0.05, 0.1) is 0 Å². The number of methoxy groups -OCH3 is 1. The van der Waals surface area contributed by atoms with Gasteiger partial charge in [0.15, 0.2) is 0 Å². The van der Waals surface area contributed by atoms with E-state index in [4.69, 9.17) is 4.74 Å². The molecule has 15 heavy (non-hydrogen) atoms. The summed E-state index contributed by atoms with van der Waals surface area (Å²) < 4.78 is 31.7. The molecule has 0 spiro atoms. The van der Waals surface area contributed by atoms with Gasteiger partial charge in [0, 0.05) is 24.7 Å². The normalized spacial score (nSPS) is 10.4. The fourth-order valence-electron chi connectivity index (χ4n) is 1.14. The van der Waals surface area contributed by atoms with Crippen molar-refractivity contribution in [3.05, 3.63) is 28.2 Å². The molecule has 84 valence electrons. The highest BCUT2D eigenvalue weighted by molar-refractivity contribution is 9.10. The van der Waals surface area contributed by atoms with E-state index in [1.54, 1.807) is 7.11 Å². The van der Waals surface area contributed by atoms with Gasteiger partial charge in [-0.2, -0.15) is 0 Å². The summed E-state index contributed by atoms with van der Waals surface area (Å²) in [5, 5.41) is 2.69. The molecule has 0 fully saturated rings. The molecule has 5 heteroatoms. The first-order chi connectivity index (χ1) is 7.15. The first kappa shape index (κ1) is 12.4. The molecule has 0 saturated heterocycles. The van der Waals surface area contributed by atoms with Crippen LogP contribution >= 0.6 is 15.9 Å². The highest BCUT2D eigenvalue weighted by Crippen LogP contribution is 2.23. The summed E-state index contributed by atoms with van der Waals surface area (Å²) in [6, 6.07) is 2.45. The van der Waals surface area contributed by atoms with E-state index in [9.17, 15) is 8.78 Å². The van der Waals surface area contributed by atoms with Crippen LogP contribution in [0.15, 0.2) is 16.6 Å². The van der Waals surface area contributed by atoms with Gasteiger partial charge in [0.25, 0.3) is 0 Å². The van der Waals surface area contributed by atoms with Gasteiger partial charge in [-0.05, 0) is 18.6 Å². The van der Waals surface area contributed by atoms with Crippen molar-refractivity contribution in [2.24, 2.45) is 0 Å². The Bertz CT molecular complexity index is 310. The smallest absolute Gasteiger partial charge is 0.150 e. The van der Waals surface area contributed by atoms with Gasteiger partial charge in [-0.3, -0.25) is 0 Å². The second kappa shape index (κ2) is 6.02. The van der Waals surface area contributed by atoms with Gasteiger partial charge in [-0.1, -0.05) is 15.9 Å². The van der Waals surface area contributed by atoms with Crippen molar-refractivity contribution in [2.75, 3.05) is 25.6 Å². The number of halogens is 3. The first-order valence-electron chi connectivity index (χ1n) is 4.52. The first-order valence-corrected chi connectivity index (χ1v) is 5.32. The summed E-state index contributed by atoms with van der Waals surface area (Å²) in [5.41, 5.74) is -0.0886. The molecule has 0 aromatic heterocycles. The van der Waals surface area contributed by atoms with E-state index in [2.05, 4.69) is 21.2 Å². The van der Waals surface area contributed by atoms with Gasteiger partial charge in [-0.15, -0.1) is 0 Å². The minimum atomic E-state index is -0.598. The molecule has 0 aliphatic heterocycles. The lowest BCUT2D eigenvalue weighted by Gasteiger charge is -2.08. The van der Waals surface area contributed by atoms with Crippen LogP contribution in [0.3, 0.4) is 0 Å². The number of rotatable bonds is 5. The number of hydrogen-bond acceptors (Lipinski definition) is 2. The molecule has 0 aliphatic carbocycles. The van der Waals surface area contributed by atoms with Crippen LogP contribution in [0.25, 0.3) is 0 Å². The Morgan fingerprint density at radius 1 is 1.33 bits per heavy atom. The van der Waals surface area contributed by atoms with Gasteiger partial charge < -0.3 is 10.1 Å². The number of hydrogen-bond donors (Lipinski definition) is 1. The minimum absolute atomic E-state index is 0.0886. The van der Waals surface area contributed by atoms with E-state index in [0.29, 0.717) is 24.0 Å². The van der Waals surface area contributed by atoms with Gasteiger partial charge >= 0.3 is 0 Å². The molecule has 0 heterocycles. The molecule has 0 unspecified atom stereocenters. The van der Waals surface area contributed by atoms with Crippen molar-refractivity contribution >= 4 is 21.6 Å². The third kappa shape index (κ3) is 3.76. The second-order valence-corrected chi connectivity index (χ2v) is 3.93. The highest BCUT2D eigenvalue weighted by atomic mass is 79.9.